The lowest BCUT2D eigenvalue weighted by molar-refractivity contribution is -0.150. The molecule has 1 aliphatic heterocycles. The zero-order valence-electron chi connectivity index (χ0n) is 11.0. The van der Waals surface area contributed by atoms with Gasteiger partial charge in [0.2, 0.25) is 0 Å². The zero-order chi connectivity index (χ0) is 14.0. The number of fused-ring (bicyclic) bond motifs is 1. The van der Waals surface area contributed by atoms with Crippen LogP contribution >= 0.6 is 0 Å². The number of oxime groups is 1. The van der Waals surface area contributed by atoms with E-state index in [1.54, 1.807) is 13.8 Å². The molecule has 2 N–H and O–H groups in total. The summed E-state index contributed by atoms with van der Waals surface area (Å²) in [6, 6.07) is 0. The minimum atomic E-state index is -1.11. The Bertz CT molecular complexity index is 422. The Morgan fingerprint density at radius 2 is 2.05 bits per heavy atom. The van der Waals surface area contributed by atoms with Crippen LogP contribution in [0.3, 0.4) is 0 Å². The number of ether oxygens (including phenoxy) is 2. The fourth-order valence-corrected chi connectivity index (χ4v) is 2.52. The molecule has 0 radical (unpaired) electrons. The molecular weight excluding hydrogens is 252 g/mol. The summed E-state index contributed by atoms with van der Waals surface area (Å²) in [4.78, 5) is 28.7. The molecule has 0 aromatic carbocycles. The monoisotopic (exact) mass is 270 g/mol. The molecule has 3 atom stereocenters. The van der Waals surface area contributed by atoms with Gasteiger partial charge in [-0.1, -0.05) is 5.16 Å². The molecule has 106 valence electrons. The predicted octanol–water partition coefficient (Wildman–Crippen LogP) is -0.0251. The largest absolute Gasteiger partial charge is 0.465 e. The average molecular weight is 270 g/mol. The highest BCUT2D eigenvalue weighted by Crippen LogP contribution is 2.40. The highest BCUT2D eigenvalue weighted by Gasteiger charge is 2.55. The molecule has 0 saturated heterocycles. The second kappa shape index (κ2) is 5.16. The van der Waals surface area contributed by atoms with Crippen LogP contribution < -0.4 is 5.73 Å². The van der Waals surface area contributed by atoms with Gasteiger partial charge in [0.1, 0.15) is 11.6 Å². The van der Waals surface area contributed by atoms with E-state index < -0.39 is 17.5 Å². The summed E-state index contributed by atoms with van der Waals surface area (Å²) in [5.41, 5.74) is 5.15. The number of carbonyl (C=O) groups excluding carboxylic acids is 2. The van der Waals surface area contributed by atoms with Crippen LogP contribution in [0.5, 0.6) is 0 Å². The Kier molecular flexibility index (Phi) is 3.75. The summed E-state index contributed by atoms with van der Waals surface area (Å²) in [5, 5.41) is 3.74. The third-order valence-corrected chi connectivity index (χ3v) is 3.40. The van der Waals surface area contributed by atoms with Crippen LogP contribution in [-0.2, 0) is 23.9 Å². The predicted molar refractivity (Wildman–Crippen MR) is 65.2 cm³/mol. The van der Waals surface area contributed by atoms with Gasteiger partial charge in [0.05, 0.1) is 19.1 Å². The summed E-state index contributed by atoms with van der Waals surface area (Å²) in [5.74, 6) is -1.27. The van der Waals surface area contributed by atoms with E-state index in [-0.39, 0.29) is 37.4 Å². The van der Waals surface area contributed by atoms with Crippen LogP contribution in [0.4, 0.5) is 0 Å². The van der Waals surface area contributed by atoms with Crippen LogP contribution in [0.25, 0.3) is 0 Å². The number of hydrogen-bond donors (Lipinski definition) is 1. The lowest BCUT2D eigenvalue weighted by Crippen LogP contribution is -2.47. The minimum absolute atomic E-state index is 0.212. The summed E-state index contributed by atoms with van der Waals surface area (Å²) in [7, 11) is 0. The molecule has 1 saturated carbocycles. The SMILES string of the molecule is CCOC(=O)C1=NO[C@H]2C[C@@](N)(C(=O)OCC)C[C@@H]12. The lowest BCUT2D eigenvalue weighted by atomic mass is 9.95. The Hall–Kier alpha value is -1.63. The summed E-state index contributed by atoms with van der Waals surface area (Å²) >= 11 is 0. The Labute approximate surface area is 111 Å². The molecule has 1 aliphatic carbocycles. The molecule has 0 spiro atoms. The van der Waals surface area contributed by atoms with E-state index in [1.165, 1.54) is 0 Å². The van der Waals surface area contributed by atoms with Crippen molar-refractivity contribution in [3.05, 3.63) is 0 Å². The second-order valence-electron chi connectivity index (χ2n) is 4.73. The molecular formula is C12H18N2O5. The van der Waals surface area contributed by atoms with E-state index in [9.17, 15) is 9.59 Å². The molecule has 7 nitrogen and oxygen atoms in total. The van der Waals surface area contributed by atoms with E-state index >= 15 is 0 Å². The first kappa shape index (κ1) is 13.8. The number of rotatable bonds is 4. The van der Waals surface area contributed by atoms with Gasteiger partial charge in [0.15, 0.2) is 5.71 Å². The maximum atomic E-state index is 11.8. The molecule has 1 heterocycles. The van der Waals surface area contributed by atoms with Crippen molar-refractivity contribution in [3.8, 4) is 0 Å². The van der Waals surface area contributed by atoms with Crippen molar-refractivity contribution >= 4 is 17.7 Å². The van der Waals surface area contributed by atoms with Crippen LogP contribution in [-0.4, -0.2) is 42.5 Å². The lowest BCUT2D eigenvalue weighted by Gasteiger charge is -2.21. The number of carbonyl (C=O) groups is 2. The Morgan fingerprint density at radius 1 is 1.37 bits per heavy atom. The Balaban J connectivity index is 2.08. The van der Waals surface area contributed by atoms with E-state index in [0.717, 1.165) is 0 Å². The first-order chi connectivity index (χ1) is 9.01. The van der Waals surface area contributed by atoms with Crippen molar-refractivity contribution in [2.75, 3.05) is 13.2 Å². The molecule has 0 bridgehead atoms. The quantitative estimate of drug-likeness (QED) is 0.720. The van der Waals surface area contributed by atoms with E-state index in [0.29, 0.717) is 6.42 Å². The van der Waals surface area contributed by atoms with Crippen molar-refractivity contribution < 1.29 is 23.9 Å². The summed E-state index contributed by atoms with van der Waals surface area (Å²) < 4.78 is 9.87. The van der Waals surface area contributed by atoms with Gasteiger partial charge in [-0.05, 0) is 20.3 Å². The minimum Gasteiger partial charge on any atom is -0.465 e. The van der Waals surface area contributed by atoms with Crippen LogP contribution in [0.1, 0.15) is 26.7 Å². The van der Waals surface area contributed by atoms with Crippen LogP contribution in [0, 0.1) is 5.92 Å². The maximum Gasteiger partial charge on any atom is 0.356 e. The average Bonchev–Trinajstić information content (AvgIpc) is 2.86. The summed E-state index contributed by atoms with van der Waals surface area (Å²) in [6.45, 7) is 3.97. The first-order valence-electron chi connectivity index (χ1n) is 6.38. The first-order valence-corrected chi connectivity index (χ1v) is 6.38. The molecule has 7 heteroatoms. The van der Waals surface area contributed by atoms with Gasteiger partial charge in [-0.15, -0.1) is 0 Å². The topological polar surface area (TPSA) is 100 Å². The van der Waals surface area contributed by atoms with Gasteiger partial charge in [-0.2, -0.15) is 0 Å². The standard InChI is InChI=1S/C12H18N2O5/c1-3-17-10(15)9-7-5-12(13,11(16)18-4-2)6-8(7)19-14-9/h7-8H,3-6,13H2,1-2H3/t7-,8+,12-/m1/s1. The smallest absolute Gasteiger partial charge is 0.356 e. The molecule has 1 fully saturated rings. The summed E-state index contributed by atoms with van der Waals surface area (Å²) in [6.07, 6.45) is 0.227. The normalized spacial score (nSPS) is 32.3. The van der Waals surface area contributed by atoms with Crippen LogP contribution in [0.15, 0.2) is 5.16 Å². The van der Waals surface area contributed by atoms with E-state index in [4.69, 9.17) is 20.0 Å². The highest BCUT2D eigenvalue weighted by molar-refractivity contribution is 6.37. The number of nitrogens with zero attached hydrogens (tertiary/aromatic N) is 1. The van der Waals surface area contributed by atoms with Gasteiger partial charge in [0.25, 0.3) is 0 Å². The van der Waals surface area contributed by atoms with E-state index in [2.05, 4.69) is 5.16 Å². The van der Waals surface area contributed by atoms with Crippen molar-refractivity contribution in [1.82, 2.24) is 0 Å². The van der Waals surface area contributed by atoms with Gasteiger partial charge in [-0.3, -0.25) is 4.79 Å². The number of hydrogen-bond acceptors (Lipinski definition) is 7. The maximum absolute atomic E-state index is 11.8. The highest BCUT2D eigenvalue weighted by atomic mass is 16.6. The Morgan fingerprint density at radius 3 is 2.68 bits per heavy atom. The van der Waals surface area contributed by atoms with Crippen LogP contribution in [0.2, 0.25) is 0 Å². The van der Waals surface area contributed by atoms with Crippen molar-refractivity contribution in [1.29, 1.82) is 0 Å². The van der Waals surface area contributed by atoms with Gasteiger partial charge >= 0.3 is 11.9 Å². The van der Waals surface area contributed by atoms with Crippen molar-refractivity contribution in [2.24, 2.45) is 16.8 Å². The zero-order valence-corrected chi connectivity index (χ0v) is 11.0. The molecule has 2 rings (SSSR count). The third kappa shape index (κ3) is 2.42. The molecule has 0 aromatic rings. The van der Waals surface area contributed by atoms with Gasteiger partial charge < -0.3 is 20.0 Å². The van der Waals surface area contributed by atoms with Gasteiger partial charge in [0, 0.05) is 6.42 Å². The fraction of sp³-hybridized carbons (Fsp3) is 0.750. The number of nitrogens with two attached hydrogens (primary N) is 1. The molecule has 19 heavy (non-hydrogen) atoms. The molecule has 0 amide bonds. The number of esters is 2. The van der Waals surface area contributed by atoms with Crippen molar-refractivity contribution in [2.45, 2.75) is 38.3 Å². The third-order valence-electron chi connectivity index (χ3n) is 3.40. The second-order valence-corrected chi connectivity index (χ2v) is 4.73. The fourth-order valence-electron chi connectivity index (χ4n) is 2.52. The van der Waals surface area contributed by atoms with Crippen molar-refractivity contribution in [3.63, 3.8) is 0 Å². The van der Waals surface area contributed by atoms with Gasteiger partial charge in [-0.25, -0.2) is 4.79 Å². The van der Waals surface area contributed by atoms with E-state index in [1.807, 2.05) is 0 Å². The molecule has 0 unspecified atom stereocenters. The molecule has 2 aliphatic rings. The molecule has 0 aromatic heterocycles.